The summed E-state index contributed by atoms with van der Waals surface area (Å²) in [5.41, 5.74) is -1.37. The second-order valence-corrected chi connectivity index (χ2v) is 4.27. The van der Waals surface area contributed by atoms with Crippen molar-refractivity contribution in [2.24, 2.45) is 0 Å². The SMILES string of the molecule is O=C(Nc1ccc(Cl)c(C(F)(F)F)c1)NC(CO)C(=O)O. The van der Waals surface area contributed by atoms with E-state index in [0.29, 0.717) is 6.07 Å². The van der Waals surface area contributed by atoms with Crippen LogP contribution in [0.15, 0.2) is 18.2 Å². The van der Waals surface area contributed by atoms with Gasteiger partial charge < -0.3 is 20.8 Å². The number of carbonyl (C=O) groups excluding carboxylic acids is 1. The van der Waals surface area contributed by atoms with Crippen molar-refractivity contribution in [3.05, 3.63) is 28.8 Å². The van der Waals surface area contributed by atoms with Crippen LogP contribution in [0.5, 0.6) is 0 Å². The maximum absolute atomic E-state index is 12.6. The van der Waals surface area contributed by atoms with Gasteiger partial charge in [0.1, 0.15) is 0 Å². The van der Waals surface area contributed by atoms with Crippen LogP contribution in [-0.2, 0) is 11.0 Å². The molecule has 1 aromatic carbocycles. The van der Waals surface area contributed by atoms with Crippen molar-refractivity contribution < 1.29 is 33.0 Å². The molecule has 0 spiro atoms. The molecule has 0 aliphatic rings. The summed E-state index contributed by atoms with van der Waals surface area (Å²) in [6, 6.07) is 0.0229. The summed E-state index contributed by atoms with van der Waals surface area (Å²) in [5, 5.41) is 20.7. The second kappa shape index (κ2) is 6.64. The van der Waals surface area contributed by atoms with E-state index < -0.39 is 41.4 Å². The maximum atomic E-state index is 12.6. The number of nitrogens with one attached hydrogen (secondary N) is 2. The number of carbonyl (C=O) groups is 2. The molecule has 6 nitrogen and oxygen atoms in total. The summed E-state index contributed by atoms with van der Waals surface area (Å²) >= 11 is 5.41. The van der Waals surface area contributed by atoms with Gasteiger partial charge in [0.25, 0.3) is 0 Å². The van der Waals surface area contributed by atoms with E-state index in [4.69, 9.17) is 21.8 Å². The molecule has 0 bridgehead atoms. The smallest absolute Gasteiger partial charge is 0.417 e. The molecule has 21 heavy (non-hydrogen) atoms. The van der Waals surface area contributed by atoms with Gasteiger partial charge in [0.2, 0.25) is 0 Å². The molecule has 116 valence electrons. The molecule has 0 aliphatic carbocycles. The Morgan fingerprint density at radius 1 is 1.33 bits per heavy atom. The number of carboxylic acid groups (broad SMARTS) is 1. The summed E-state index contributed by atoms with van der Waals surface area (Å²) in [7, 11) is 0. The molecule has 10 heteroatoms. The largest absolute Gasteiger partial charge is 0.480 e. The highest BCUT2D eigenvalue weighted by molar-refractivity contribution is 6.31. The van der Waals surface area contributed by atoms with Gasteiger partial charge in [0.15, 0.2) is 6.04 Å². The van der Waals surface area contributed by atoms with E-state index in [1.807, 2.05) is 10.6 Å². The minimum absolute atomic E-state index is 0.230. The molecule has 0 aliphatic heterocycles. The van der Waals surface area contributed by atoms with Gasteiger partial charge in [-0.3, -0.25) is 0 Å². The van der Waals surface area contributed by atoms with Crippen LogP contribution >= 0.6 is 11.6 Å². The molecule has 4 N–H and O–H groups in total. The van der Waals surface area contributed by atoms with Crippen molar-refractivity contribution in [2.45, 2.75) is 12.2 Å². The topological polar surface area (TPSA) is 98.7 Å². The summed E-state index contributed by atoms with van der Waals surface area (Å²) in [6.45, 7) is -0.864. The van der Waals surface area contributed by atoms with Gasteiger partial charge in [-0.2, -0.15) is 13.2 Å². The van der Waals surface area contributed by atoms with Crippen LogP contribution in [0.25, 0.3) is 0 Å². The van der Waals surface area contributed by atoms with Gasteiger partial charge in [0.05, 0.1) is 17.2 Å². The lowest BCUT2D eigenvalue weighted by Crippen LogP contribution is -2.45. The first-order valence-corrected chi connectivity index (χ1v) is 5.81. The Balaban J connectivity index is 2.84. The summed E-state index contributed by atoms with van der Waals surface area (Å²) < 4.78 is 37.8. The molecular weight excluding hydrogens is 317 g/mol. The Morgan fingerprint density at radius 2 is 1.95 bits per heavy atom. The highest BCUT2D eigenvalue weighted by atomic mass is 35.5. The van der Waals surface area contributed by atoms with Crippen LogP contribution in [0.3, 0.4) is 0 Å². The van der Waals surface area contributed by atoms with Crippen molar-refractivity contribution in [1.82, 2.24) is 5.32 Å². The zero-order chi connectivity index (χ0) is 16.2. The number of urea groups is 1. The van der Waals surface area contributed by atoms with Gasteiger partial charge in [-0.1, -0.05) is 11.6 Å². The number of carboxylic acids is 1. The van der Waals surface area contributed by atoms with Crippen LogP contribution in [0.1, 0.15) is 5.56 Å². The molecule has 1 aromatic rings. The molecular formula is C11H10ClF3N2O4. The molecule has 0 heterocycles. The third kappa shape index (κ3) is 4.80. The number of rotatable bonds is 4. The molecule has 0 saturated carbocycles. The molecule has 2 amide bonds. The summed E-state index contributed by atoms with van der Waals surface area (Å²) in [5.74, 6) is -1.49. The molecule has 0 saturated heterocycles. The number of halogens is 4. The van der Waals surface area contributed by atoms with E-state index in [1.54, 1.807) is 0 Å². The van der Waals surface area contributed by atoms with Crippen molar-refractivity contribution in [3.8, 4) is 0 Å². The average molecular weight is 327 g/mol. The number of aliphatic carboxylic acids is 1. The quantitative estimate of drug-likeness (QED) is 0.679. The van der Waals surface area contributed by atoms with E-state index in [1.165, 1.54) is 0 Å². The van der Waals surface area contributed by atoms with Crippen molar-refractivity contribution in [2.75, 3.05) is 11.9 Å². The van der Waals surface area contributed by atoms with Crippen LogP contribution in [0, 0.1) is 0 Å². The van der Waals surface area contributed by atoms with Crippen molar-refractivity contribution in [3.63, 3.8) is 0 Å². The number of anilines is 1. The predicted molar refractivity (Wildman–Crippen MR) is 67.1 cm³/mol. The van der Waals surface area contributed by atoms with Crippen LogP contribution < -0.4 is 10.6 Å². The van der Waals surface area contributed by atoms with Gasteiger partial charge in [0, 0.05) is 5.69 Å². The second-order valence-electron chi connectivity index (χ2n) is 3.86. The van der Waals surface area contributed by atoms with E-state index in [0.717, 1.165) is 12.1 Å². The van der Waals surface area contributed by atoms with Crippen LogP contribution in [0.4, 0.5) is 23.7 Å². The Labute approximate surface area is 121 Å². The monoisotopic (exact) mass is 326 g/mol. The number of hydrogen-bond acceptors (Lipinski definition) is 3. The predicted octanol–water partition coefficient (Wildman–Crippen LogP) is 1.93. The molecule has 0 radical (unpaired) electrons. The lowest BCUT2D eigenvalue weighted by atomic mass is 10.2. The zero-order valence-corrected chi connectivity index (χ0v) is 11.0. The highest BCUT2D eigenvalue weighted by Crippen LogP contribution is 2.36. The molecule has 0 fully saturated rings. The van der Waals surface area contributed by atoms with Gasteiger partial charge in [-0.05, 0) is 18.2 Å². The minimum Gasteiger partial charge on any atom is -0.480 e. The zero-order valence-electron chi connectivity index (χ0n) is 10.2. The molecule has 0 aromatic heterocycles. The Hall–Kier alpha value is -2.00. The van der Waals surface area contributed by atoms with Gasteiger partial charge in [-0.25, -0.2) is 9.59 Å². The molecule has 1 rings (SSSR count). The van der Waals surface area contributed by atoms with E-state index >= 15 is 0 Å². The Morgan fingerprint density at radius 3 is 2.43 bits per heavy atom. The fourth-order valence-electron chi connectivity index (χ4n) is 1.33. The number of alkyl halides is 3. The lowest BCUT2D eigenvalue weighted by molar-refractivity contribution is -0.140. The van der Waals surface area contributed by atoms with E-state index in [2.05, 4.69) is 0 Å². The summed E-state index contributed by atoms with van der Waals surface area (Å²) in [6.07, 6.45) is -4.69. The van der Waals surface area contributed by atoms with E-state index in [-0.39, 0.29) is 5.69 Å². The Bertz CT molecular complexity index is 551. The first-order chi connectivity index (χ1) is 9.65. The van der Waals surface area contributed by atoms with E-state index in [9.17, 15) is 22.8 Å². The normalized spacial score (nSPS) is 12.6. The minimum atomic E-state index is -4.69. The fourth-order valence-corrected chi connectivity index (χ4v) is 1.56. The van der Waals surface area contributed by atoms with Crippen molar-refractivity contribution in [1.29, 1.82) is 0 Å². The van der Waals surface area contributed by atoms with Gasteiger partial charge in [-0.15, -0.1) is 0 Å². The molecule has 1 atom stereocenters. The highest BCUT2D eigenvalue weighted by Gasteiger charge is 2.33. The standard InChI is InChI=1S/C11H10ClF3N2O4/c12-7-2-1-5(3-6(7)11(13,14)15)16-10(21)17-8(4-18)9(19)20/h1-3,8,18H,4H2,(H,19,20)(H2,16,17,21). The maximum Gasteiger partial charge on any atom is 0.417 e. The summed E-state index contributed by atoms with van der Waals surface area (Å²) in [4.78, 5) is 22.0. The van der Waals surface area contributed by atoms with Crippen molar-refractivity contribution >= 4 is 29.3 Å². The van der Waals surface area contributed by atoms with Crippen LogP contribution in [-0.4, -0.2) is 34.9 Å². The third-order valence-electron chi connectivity index (χ3n) is 2.32. The first kappa shape index (κ1) is 17.1. The first-order valence-electron chi connectivity index (χ1n) is 5.43. The number of aliphatic hydroxyl groups is 1. The third-order valence-corrected chi connectivity index (χ3v) is 2.65. The lowest BCUT2D eigenvalue weighted by Gasteiger charge is -2.14. The Kier molecular flexibility index (Phi) is 5.39. The fraction of sp³-hybridized carbons (Fsp3) is 0.273. The van der Waals surface area contributed by atoms with Gasteiger partial charge >= 0.3 is 18.2 Å². The number of aliphatic hydroxyl groups excluding tert-OH is 1. The number of hydrogen-bond donors (Lipinski definition) is 4. The average Bonchev–Trinajstić information content (AvgIpc) is 2.36. The van der Waals surface area contributed by atoms with Crippen LogP contribution in [0.2, 0.25) is 5.02 Å². The number of benzene rings is 1. The number of amides is 2. The molecule has 1 unspecified atom stereocenters.